The predicted molar refractivity (Wildman–Crippen MR) is 88.6 cm³/mol. The van der Waals surface area contributed by atoms with Gasteiger partial charge in [0.15, 0.2) is 0 Å². The van der Waals surface area contributed by atoms with Crippen LogP contribution in [0.25, 0.3) is 0 Å². The first-order valence-corrected chi connectivity index (χ1v) is 8.66. The molecule has 1 atom stereocenters. The summed E-state index contributed by atoms with van der Waals surface area (Å²) in [7, 11) is 0. The average molecular weight is 354 g/mol. The largest absolute Gasteiger partial charge is 0.478 e. The first kappa shape index (κ1) is 16.5. The van der Waals surface area contributed by atoms with E-state index in [9.17, 15) is 4.79 Å². The molecular weight excluding hydrogens is 330 g/mol. The molecule has 0 bridgehead atoms. The highest BCUT2D eigenvalue weighted by Gasteiger charge is 2.21. The van der Waals surface area contributed by atoms with Gasteiger partial charge in [-0.25, -0.2) is 4.79 Å². The van der Waals surface area contributed by atoms with Gasteiger partial charge in [0, 0.05) is 17.1 Å². The summed E-state index contributed by atoms with van der Waals surface area (Å²) in [6.07, 6.45) is 7.93. The quantitative estimate of drug-likeness (QED) is 0.785. The number of halogens is 1. The highest BCUT2D eigenvalue weighted by molar-refractivity contribution is 9.10. The number of carbonyl (C=O) groups is 1. The van der Waals surface area contributed by atoms with Gasteiger partial charge in [0.05, 0.1) is 5.56 Å². The third-order valence-electron chi connectivity index (χ3n) is 4.51. The maximum atomic E-state index is 10.9. The second-order valence-electron chi connectivity index (χ2n) is 5.91. The molecule has 1 aromatic carbocycles. The molecule has 0 spiro atoms. The van der Waals surface area contributed by atoms with Crippen molar-refractivity contribution in [1.82, 2.24) is 5.32 Å². The third-order valence-corrected chi connectivity index (χ3v) is 5.25. The van der Waals surface area contributed by atoms with Crippen molar-refractivity contribution >= 4 is 21.9 Å². The Bertz CT molecular complexity index is 484. The molecule has 4 heteroatoms. The Kier molecular flexibility index (Phi) is 6.24. The maximum absolute atomic E-state index is 10.9. The monoisotopic (exact) mass is 353 g/mol. The van der Waals surface area contributed by atoms with E-state index in [2.05, 4.69) is 28.2 Å². The summed E-state index contributed by atoms with van der Waals surface area (Å²) >= 11 is 3.48. The smallest absolute Gasteiger partial charge is 0.335 e. The van der Waals surface area contributed by atoms with Gasteiger partial charge in [0.2, 0.25) is 0 Å². The van der Waals surface area contributed by atoms with E-state index in [0.717, 1.165) is 28.9 Å². The summed E-state index contributed by atoms with van der Waals surface area (Å²) in [6.45, 7) is 3.03. The number of hydrogen-bond donors (Lipinski definition) is 2. The van der Waals surface area contributed by atoms with E-state index >= 15 is 0 Å². The molecule has 0 amide bonds. The second-order valence-corrected chi connectivity index (χ2v) is 6.76. The molecule has 1 fully saturated rings. The Balaban J connectivity index is 1.96. The molecule has 0 radical (unpaired) electrons. The van der Waals surface area contributed by atoms with Crippen LogP contribution in [0.4, 0.5) is 0 Å². The van der Waals surface area contributed by atoms with Crippen molar-refractivity contribution in [3.63, 3.8) is 0 Å². The zero-order valence-corrected chi connectivity index (χ0v) is 14.2. The van der Waals surface area contributed by atoms with E-state index in [1.54, 1.807) is 12.1 Å². The topological polar surface area (TPSA) is 49.3 Å². The van der Waals surface area contributed by atoms with Crippen LogP contribution in [0.2, 0.25) is 0 Å². The van der Waals surface area contributed by atoms with Crippen molar-refractivity contribution in [1.29, 1.82) is 0 Å². The molecule has 2 rings (SSSR count). The number of carboxylic acid groups (broad SMARTS) is 1. The fourth-order valence-electron chi connectivity index (χ4n) is 3.25. The van der Waals surface area contributed by atoms with Crippen LogP contribution in [0.3, 0.4) is 0 Å². The molecule has 1 aliphatic carbocycles. The summed E-state index contributed by atoms with van der Waals surface area (Å²) in [4.78, 5) is 10.9. The first-order chi connectivity index (χ1) is 10.1. The molecular formula is C17H24BrNO2. The third kappa shape index (κ3) is 4.55. The molecule has 1 unspecified atom stereocenters. The van der Waals surface area contributed by atoms with Gasteiger partial charge in [0.25, 0.3) is 0 Å². The Morgan fingerprint density at radius 2 is 2.10 bits per heavy atom. The van der Waals surface area contributed by atoms with E-state index in [1.807, 2.05) is 6.07 Å². The summed E-state index contributed by atoms with van der Waals surface area (Å²) < 4.78 is 0.869. The van der Waals surface area contributed by atoms with E-state index in [4.69, 9.17) is 5.11 Å². The fourth-order valence-corrected chi connectivity index (χ4v) is 3.76. The van der Waals surface area contributed by atoms with Crippen LogP contribution < -0.4 is 5.32 Å². The summed E-state index contributed by atoms with van der Waals surface area (Å²) in [5, 5.41) is 12.7. The number of nitrogens with one attached hydrogen (secondary N) is 1. The van der Waals surface area contributed by atoms with Crippen molar-refractivity contribution < 1.29 is 9.90 Å². The lowest BCUT2D eigenvalue weighted by Crippen LogP contribution is -2.36. The summed E-state index contributed by atoms with van der Waals surface area (Å²) in [5.41, 5.74) is 1.44. The SMILES string of the molecule is CCC(NCc1ccc(C(=O)O)cc1Br)C1CCCCC1. The van der Waals surface area contributed by atoms with E-state index in [1.165, 1.54) is 32.1 Å². The number of hydrogen-bond acceptors (Lipinski definition) is 2. The molecule has 1 aliphatic rings. The van der Waals surface area contributed by atoms with Gasteiger partial charge in [-0.05, 0) is 42.9 Å². The minimum atomic E-state index is -0.885. The zero-order chi connectivity index (χ0) is 15.2. The van der Waals surface area contributed by atoms with Crippen LogP contribution in [0.1, 0.15) is 61.4 Å². The van der Waals surface area contributed by atoms with Gasteiger partial charge in [-0.3, -0.25) is 0 Å². The Labute approximate surface area is 135 Å². The van der Waals surface area contributed by atoms with Crippen molar-refractivity contribution in [2.75, 3.05) is 0 Å². The molecule has 1 aromatic rings. The number of carboxylic acids is 1. The minimum absolute atomic E-state index is 0.324. The average Bonchev–Trinajstić information content (AvgIpc) is 2.50. The Morgan fingerprint density at radius 1 is 1.38 bits per heavy atom. The van der Waals surface area contributed by atoms with Crippen molar-refractivity contribution in [2.24, 2.45) is 5.92 Å². The molecule has 0 heterocycles. The number of rotatable bonds is 6. The van der Waals surface area contributed by atoms with Crippen LogP contribution >= 0.6 is 15.9 Å². The lowest BCUT2D eigenvalue weighted by atomic mass is 9.83. The summed E-state index contributed by atoms with van der Waals surface area (Å²) in [6, 6.07) is 5.82. The van der Waals surface area contributed by atoms with Gasteiger partial charge < -0.3 is 10.4 Å². The molecule has 0 saturated heterocycles. The van der Waals surface area contributed by atoms with Gasteiger partial charge in [0.1, 0.15) is 0 Å². The fraction of sp³-hybridized carbons (Fsp3) is 0.588. The van der Waals surface area contributed by atoms with Crippen molar-refractivity contribution in [3.05, 3.63) is 33.8 Å². The van der Waals surface area contributed by atoms with Gasteiger partial charge in [-0.15, -0.1) is 0 Å². The molecule has 0 aromatic heterocycles. The lowest BCUT2D eigenvalue weighted by molar-refractivity contribution is 0.0697. The van der Waals surface area contributed by atoms with Crippen LogP contribution in [0, 0.1) is 5.92 Å². The second kappa shape index (κ2) is 7.95. The normalized spacial score (nSPS) is 17.6. The molecule has 2 N–H and O–H groups in total. The highest BCUT2D eigenvalue weighted by Crippen LogP contribution is 2.28. The molecule has 3 nitrogen and oxygen atoms in total. The van der Waals surface area contributed by atoms with Crippen LogP contribution in [0.5, 0.6) is 0 Å². The van der Waals surface area contributed by atoms with Gasteiger partial charge in [-0.1, -0.05) is 48.2 Å². The van der Waals surface area contributed by atoms with Crippen LogP contribution in [-0.2, 0) is 6.54 Å². The van der Waals surface area contributed by atoms with Crippen LogP contribution in [-0.4, -0.2) is 17.1 Å². The Hall–Kier alpha value is -0.870. The van der Waals surface area contributed by atoms with Crippen LogP contribution in [0.15, 0.2) is 22.7 Å². The Morgan fingerprint density at radius 3 is 2.67 bits per heavy atom. The molecule has 0 aliphatic heterocycles. The van der Waals surface area contributed by atoms with Gasteiger partial charge >= 0.3 is 5.97 Å². The lowest BCUT2D eigenvalue weighted by Gasteiger charge is -2.30. The van der Waals surface area contributed by atoms with Crippen molar-refractivity contribution in [3.8, 4) is 0 Å². The maximum Gasteiger partial charge on any atom is 0.335 e. The standard InChI is InChI=1S/C17H24BrNO2/c1-2-16(12-6-4-3-5-7-12)19-11-14-9-8-13(17(20)21)10-15(14)18/h8-10,12,16,19H,2-7,11H2,1H3,(H,20,21). The summed E-state index contributed by atoms with van der Waals surface area (Å²) in [5.74, 6) is -0.0929. The van der Waals surface area contributed by atoms with E-state index in [-0.39, 0.29) is 0 Å². The molecule has 116 valence electrons. The number of benzene rings is 1. The minimum Gasteiger partial charge on any atom is -0.478 e. The number of aromatic carboxylic acids is 1. The highest BCUT2D eigenvalue weighted by atomic mass is 79.9. The molecule has 21 heavy (non-hydrogen) atoms. The van der Waals surface area contributed by atoms with E-state index in [0.29, 0.717) is 11.6 Å². The first-order valence-electron chi connectivity index (χ1n) is 7.87. The van der Waals surface area contributed by atoms with Crippen molar-refractivity contribution in [2.45, 2.75) is 58.0 Å². The molecule has 1 saturated carbocycles. The zero-order valence-electron chi connectivity index (χ0n) is 12.6. The predicted octanol–water partition coefficient (Wildman–Crippen LogP) is 4.60. The van der Waals surface area contributed by atoms with Gasteiger partial charge in [-0.2, -0.15) is 0 Å². The van der Waals surface area contributed by atoms with E-state index < -0.39 is 5.97 Å².